The average molecular weight is 1050 g/mol. The van der Waals surface area contributed by atoms with Crippen LogP contribution in [0.25, 0.3) is 21.5 Å². The van der Waals surface area contributed by atoms with Gasteiger partial charge >= 0.3 is 0 Å². The number of likely N-dealkylation sites (tertiary alicyclic amines) is 1. The van der Waals surface area contributed by atoms with E-state index in [0.717, 1.165) is 44.1 Å². The third-order valence-corrected chi connectivity index (χ3v) is 15.7. The van der Waals surface area contributed by atoms with Crippen LogP contribution in [0.15, 0.2) is 72.6 Å². The van der Waals surface area contributed by atoms with Crippen molar-refractivity contribution in [3.8, 4) is 10.4 Å². The lowest BCUT2D eigenvalue weighted by Crippen LogP contribution is -2.60. The molecule has 0 bridgehead atoms. The molecular formula is C53H69ClN12O7S. The number of halogens is 1. The highest BCUT2D eigenvalue weighted by Gasteiger charge is 2.45. The monoisotopic (exact) mass is 1050 g/mol. The van der Waals surface area contributed by atoms with E-state index >= 15 is 0 Å². The minimum absolute atomic E-state index is 0.0276. The van der Waals surface area contributed by atoms with Gasteiger partial charge in [-0.1, -0.05) is 68.8 Å². The molecule has 0 spiro atoms. The van der Waals surface area contributed by atoms with Crippen LogP contribution in [0.2, 0.25) is 5.02 Å². The number of ether oxygens (including phenoxy) is 1. The lowest BCUT2D eigenvalue weighted by Gasteiger charge is -2.39. The number of hydrogen-bond donors (Lipinski definition) is 6. The van der Waals surface area contributed by atoms with Crippen molar-refractivity contribution in [1.29, 1.82) is 0 Å². The minimum Gasteiger partial charge on any atom is -0.391 e. The first kappa shape index (κ1) is 54.2. The number of aliphatic hydroxyl groups is 1. The number of nitrogens with zero attached hydrogens (tertiary/aromatic N) is 7. The largest absolute Gasteiger partial charge is 0.391 e. The molecule has 19 nitrogen and oxygen atoms in total. The van der Waals surface area contributed by atoms with Crippen LogP contribution < -0.4 is 26.6 Å². The molecule has 3 fully saturated rings. The number of aryl methyl sites for hydroxylation is 1. The van der Waals surface area contributed by atoms with Crippen LogP contribution in [0.1, 0.15) is 82.2 Å². The van der Waals surface area contributed by atoms with E-state index in [2.05, 4.69) is 45.7 Å². The molecule has 396 valence electrons. The van der Waals surface area contributed by atoms with Crippen molar-refractivity contribution in [2.45, 2.75) is 103 Å². The Morgan fingerprint density at radius 3 is 2.34 bits per heavy atom. The number of anilines is 1. The van der Waals surface area contributed by atoms with E-state index in [1.54, 1.807) is 11.3 Å². The third kappa shape index (κ3) is 13.4. The van der Waals surface area contributed by atoms with Crippen molar-refractivity contribution in [3.05, 3.63) is 94.5 Å². The normalized spacial score (nSPS) is 19.0. The number of piperazine rings is 1. The lowest BCUT2D eigenvalue weighted by atomic mass is 9.85. The van der Waals surface area contributed by atoms with Crippen molar-refractivity contribution in [2.75, 3.05) is 70.5 Å². The molecule has 3 aliphatic heterocycles. The number of aromatic amines is 1. The van der Waals surface area contributed by atoms with Crippen molar-refractivity contribution >= 4 is 69.3 Å². The SMILES string of the molecule is Cc1ncsc1-c1ccc(CNC(=O)[C@@H]2C[C@@H](O)CN2C(=O)C(NC(=O)CCOCCC(=O)N2CCN(CCC(NC(=O)C3(N)CCN(c4ncnc5[nH]ccc45)CC3)c3ccc(Cl)cc3)CC2)C(C)(C)C)cc1. The number of benzene rings is 2. The summed E-state index contributed by atoms with van der Waals surface area (Å²) in [6.07, 6.45) is 4.25. The number of piperidine rings is 1. The Balaban J connectivity index is 0.742. The van der Waals surface area contributed by atoms with Crippen LogP contribution in [0.5, 0.6) is 0 Å². The highest BCUT2D eigenvalue weighted by atomic mass is 35.5. The Bertz CT molecular complexity index is 2730. The van der Waals surface area contributed by atoms with E-state index in [0.29, 0.717) is 70.1 Å². The summed E-state index contributed by atoms with van der Waals surface area (Å²) in [4.78, 5) is 93.0. The molecule has 8 rings (SSSR count). The van der Waals surface area contributed by atoms with E-state index in [1.807, 2.05) is 98.9 Å². The Morgan fingerprint density at radius 2 is 1.65 bits per heavy atom. The van der Waals surface area contributed by atoms with Crippen LogP contribution in [0, 0.1) is 12.3 Å². The van der Waals surface area contributed by atoms with E-state index in [-0.39, 0.29) is 69.3 Å². The van der Waals surface area contributed by atoms with Crippen LogP contribution in [0.4, 0.5) is 5.82 Å². The fourth-order valence-corrected chi connectivity index (χ4v) is 10.8. The lowest BCUT2D eigenvalue weighted by molar-refractivity contribution is -0.144. The maximum atomic E-state index is 14.1. The molecule has 0 aliphatic carbocycles. The zero-order valence-corrected chi connectivity index (χ0v) is 44.2. The second-order valence-corrected chi connectivity index (χ2v) is 22.0. The van der Waals surface area contributed by atoms with Crippen molar-refractivity contribution in [1.82, 2.24) is 50.6 Å². The quantitative estimate of drug-likeness (QED) is 0.0632. The van der Waals surface area contributed by atoms with E-state index < -0.39 is 41.0 Å². The number of fused-ring (bicyclic) bond motifs is 1. The maximum Gasteiger partial charge on any atom is 0.246 e. The zero-order chi connectivity index (χ0) is 52.6. The highest BCUT2D eigenvalue weighted by Crippen LogP contribution is 2.31. The average Bonchev–Trinajstić information content (AvgIpc) is 4.16. The predicted molar refractivity (Wildman–Crippen MR) is 284 cm³/mol. The molecular weight excluding hydrogens is 984 g/mol. The number of nitrogens with one attached hydrogen (secondary N) is 4. The highest BCUT2D eigenvalue weighted by molar-refractivity contribution is 7.13. The van der Waals surface area contributed by atoms with Gasteiger partial charge in [0, 0.05) is 83.0 Å². The van der Waals surface area contributed by atoms with Gasteiger partial charge in [0.15, 0.2) is 0 Å². The third-order valence-electron chi connectivity index (χ3n) is 14.4. The zero-order valence-electron chi connectivity index (χ0n) is 42.6. The molecule has 6 heterocycles. The number of carbonyl (C=O) groups excluding carboxylic acids is 5. The Kier molecular flexibility index (Phi) is 17.7. The molecule has 0 saturated carbocycles. The standard InChI is InChI=1S/C53H69ClN12O7S/c1-34-45(74-33-60-34)37-7-5-35(6-8-37)30-57-49(70)42-29-39(67)31-66(42)50(71)46(52(2,3)4)62-43(68)15-27-73-28-16-44(69)64-25-23-63(24-26-64)20-14-41(36-9-11-38(54)12-10-36)61-51(72)53(55)17-21-65(22-18-53)48-40-13-19-56-47(40)58-32-59-48/h5-13,19,32-33,39,41-42,46,67H,14-18,20-31,55H2,1-4H3,(H,57,70)(H,61,72)(H,62,68)(H,56,58,59)/t39-,41?,42+,46?/m1/s1. The summed E-state index contributed by atoms with van der Waals surface area (Å²) < 4.78 is 5.74. The first-order chi connectivity index (χ1) is 35.5. The van der Waals surface area contributed by atoms with Gasteiger partial charge in [0.05, 0.1) is 58.8 Å². The van der Waals surface area contributed by atoms with Crippen molar-refractivity contribution in [3.63, 3.8) is 0 Å². The van der Waals surface area contributed by atoms with Gasteiger partial charge in [-0.2, -0.15) is 0 Å². The molecule has 74 heavy (non-hydrogen) atoms. The Labute approximate surface area is 441 Å². The molecule has 3 aliphatic rings. The second-order valence-electron chi connectivity index (χ2n) is 20.7. The maximum absolute atomic E-state index is 14.1. The minimum atomic E-state index is -1.05. The van der Waals surface area contributed by atoms with Crippen LogP contribution in [-0.4, -0.2) is 159 Å². The molecule has 21 heteroatoms. The molecule has 5 aromatic rings. The first-order valence-electron chi connectivity index (χ1n) is 25.5. The van der Waals surface area contributed by atoms with Crippen LogP contribution in [0.3, 0.4) is 0 Å². The van der Waals surface area contributed by atoms with Gasteiger partial charge in [-0.25, -0.2) is 15.0 Å². The number of aromatic nitrogens is 4. The van der Waals surface area contributed by atoms with E-state index in [9.17, 15) is 29.1 Å². The summed E-state index contributed by atoms with van der Waals surface area (Å²) >= 11 is 7.81. The number of amides is 5. The van der Waals surface area contributed by atoms with Crippen molar-refractivity contribution in [2.24, 2.45) is 11.1 Å². The summed E-state index contributed by atoms with van der Waals surface area (Å²) in [6.45, 7) is 12.1. The van der Waals surface area contributed by atoms with Gasteiger partial charge < -0.3 is 51.2 Å². The smallest absolute Gasteiger partial charge is 0.246 e. The number of H-pyrrole nitrogens is 1. The van der Waals surface area contributed by atoms with E-state index in [4.69, 9.17) is 22.1 Å². The number of hydrogen-bond acceptors (Lipinski definition) is 14. The number of β-amino-alcohol motifs (C(OH)–C–C–N with tert-alkyl or cyclic N) is 1. The number of rotatable bonds is 19. The summed E-state index contributed by atoms with van der Waals surface area (Å²) in [7, 11) is 0. The number of nitrogens with two attached hydrogens (primary N) is 1. The van der Waals surface area contributed by atoms with Crippen LogP contribution >= 0.6 is 22.9 Å². The topological polar surface area (TPSA) is 244 Å². The molecule has 3 saturated heterocycles. The predicted octanol–water partition coefficient (Wildman–Crippen LogP) is 4.34. The Morgan fingerprint density at radius 1 is 0.932 bits per heavy atom. The molecule has 2 aromatic carbocycles. The van der Waals surface area contributed by atoms with Gasteiger partial charge in [-0.05, 0) is 66.5 Å². The van der Waals surface area contributed by atoms with Gasteiger partial charge in [0.2, 0.25) is 29.5 Å². The van der Waals surface area contributed by atoms with Crippen LogP contribution in [-0.2, 0) is 35.3 Å². The molecule has 3 aromatic heterocycles. The Hall–Kier alpha value is -6.03. The van der Waals surface area contributed by atoms with Gasteiger partial charge in [-0.15, -0.1) is 11.3 Å². The van der Waals surface area contributed by atoms with Gasteiger partial charge in [0.25, 0.3) is 0 Å². The second kappa shape index (κ2) is 24.1. The number of carbonyl (C=O) groups is 5. The molecule has 5 amide bonds. The summed E-state index contributed by atoms with van der Waals surface area (Å²) in [6, 6.07) is 15.1. The molecule has 4 atom stereocenters. The molecule has 7 N–H and O–H groups in total. The fraction of sp³-hybridized carbons (Fsp3) is 0.509. The van der Waals surface area contributed by atoms with Gasteiger partial charge in [-0.3, -0.25) is 28.9 Å². The molecule has 2 unspecified atom stereocenters. The van der Waals surface area contributed by atoms with Gasteiger partial charge in [0.1, 0.15) is 29.9 Å². The van der Waals surface area contributed by atoms with E-state index in [1.165, 1.54) is 11.2 Å². The summed E-state index contributed by atoms with van der Waals surface area (Å²) in [5.74, 6) is -0.640. The number of aliphatic hydroxyl groups excluding tert-OH is 1. The number of thiazole rings is 1. The van der Waals surface area contributed by atoms with Crippen molar-refractivity contribution < 1.29 is 33.8 Å². The fourth-order valence-electron chi connectivity index (χ4n) is 9.91. The molecule has 0 radical (unpaired) electrons. The first-order valence-corrected chi connectivity index (χ1v) is 26.7. The summed E-state index contributed by atoms with van der Waals surface area (Å²) in [5.41, 5.74) is 11.5. The summed E-state index contributed by atoms with van der Waals surface area (Å²) in [5, 5.41) is 21.2.